The molecule has 1 aromatic carbocycles. The first kappa shape index (κ1) is 15.0. The van der Waals surface area contributed by atoms with Crippen molar-refractivity contribution in [3.63, 3.8) is 0 Å². The minimum atomic E-state index is -4.66. The number of aliphatic imine (C=N–C) groups is 1. The molecule has 0 fully saturated rings. The minimum Gasteiger partial charge on any atom is -0.406 e. The van der Waals surface area contributed by atoms with E-state index in [9.17, 15) is 13.2 Å². The van der Waals surface area contributed by atoms with Crippen molar-refractivity contribution < 1.29 is 17.9 Å². The highest BCUT2D eigenvalue weighted by molar-refractivity contribution is 8.14. The fourth-order valence-electron chi connectivity index (χ4n) is 1.93. The van der Waals surface area contributed by atoms with Crippen molar-refractivity contribution in [3.05, 3.63) is 24.3 Å². The number of nitrogens with zero attached hydrogens (tertiary/aromatic N) is 1. The summed E-state index contributed by atoms with van der Waals surface area (Å²) in [6.07, 6.45) is -3.64. The second-order valence-corrected chi connectivity index (χ2v) is 6.07. The smallest absolute Gasteiger partial charge is 0.406 e. The number of rotatable bonds is 2. The van der Waals surface area contributed by atoms with Crippen LogP contribution in [0.25, 0.3) is 0 Å². The lowest BCUT2D eigenvalue weighted by Gasteiger charge is -2.23. The third-order valence-corrected chi connectivity index (χ3v) is 3.69. The Kier molecular flexibility index (Phi) is 4.47. The Morgan fingerprint density at radius 2 is 1.90 bits per heavy atom. The van der Waals surface area contributed by atoms with Gasteiger partial charge in [-0.15, -0.1) is 13.2 Å². The molecule has 20 heavy (non-hydrogen) atoms. The summed E-state index contributed by atoms with van der Waals surface area (Å²) < 4.78 is 39.9. The van der Waals surface area contributed by atoms with E-state index in [0.717, 1.165) is 11.6 Å². The van der Waals surface area contributed by atoms with Crippen molar-refractivity contribution in [3.8, 4) is 5.75 Å². The number of benzene rings is 1. The maximum atomic E-state index is 12.0. The second-order valence-electron chi connectivity index (χ2n) is 4.64. The summed E-state index contributed by atoms with van der Waals surface area (Å²) in [6, 6.07) is 5.87. The number of anilines is 1. The number of ether oxygens (including phenoxy) is 1. The van der Waals surface area contributed by atoms with E-state index in [2.05, 4.69) is 22.0 Å². The zero-order chi connectivity index (χ0) is 14.8. The van der Waals surface area contributed by atoms with E-state index in [-0.39, 0.29) is 11.8 Å². The van der Waals surface area contributed by atoms with Crippen LogP contribution in [-0.2, 0) is 0 Å². The van der Waals surface area contributed by atoms with E-state index >= 15 is 0 Å². The molecule has 1 N–H and O–H groups in total. The zero-order valence-electron chi connectivity index (χ0n) is 11.1. The number of alkyl halides is 3. The van der Waals surface area contributed by atoms with Crippen molar-refractivity contribution in [1.82, 2.24) is 0 Å². The lowest BCUT2D eigenvalue weighted by molar-refractivity contribution is -0.274. The molecule has 2 rings (SSSR count). The molecule has 2 atom stereocenters. The molecule has 0 radical (unpaired) electrons. The molecular formula is C13H15F3N2OS. The van der Waals surface area contributed by atoms with Gasteiger partial charge in [0.2, 0.25) is 0 Å². The van der Waals surface area contributed by atoms with Gasteiger partial charge in [0.25, 0.3) is 0 Å². The standard InChI is InChI=1S/C13H15F3N2OS/c1-8-7-9(2)20-12(17-8)18-10-3-5-11(6-4-10)19-13(14,15)16/h3-6,8-9H,7H2,1-2H3,(H,17,18). The summed E-state index contributed by atoms with van der Waals surface area (Å²) in [5, 5.41) is 4.37. The van der Waals surface area contributed by atoms with E-state index in [4.69, 9.17) is 0 Å². The van der Waals surface area contributed by atoms with Crippen molar-refractivity contribution in [1.29, 1.82) is 0 Å². The van der Waals surface area contributed by atoms with Gasteiger partial charge in [-0.1, -0.05) is 18.7 Å². The Balaban J connectivity index is 2.00. The van der Waals surface area contributed by atoms with Crippen LogP contribution in [0.2, 0.25) is 0 Å². The van der Waals surface area contributed by atoms with Crippen LogP contribution < -0.4 is 10.1 Å². The highest BCUT2D eigenvalue weighted by Crippen LogP contribution is 2.27. The average molecular weight is 304 g/mol. The maximum Gasteiger partial charge on any atom is 0.573 e. The number of hydrogen-bond acceptors (Lipinski definition) is 4. The third kappa shape index (κ3) is 4.63. The Morgan fingerprint density at radius 1 is 1.25 bits per heavy atom. The Bertz CT molecular complexity index is 487. The van der Waals surface area contributed by atoms with Gasteiger partial charge in [-0.2, -0.15) is 0 Å². The summed E-state index contributed by atoms with van der Waals surface area (Å²) in [7, 11) is 0. The van der Waals surface area contributed by atoms with Crippen LogP contribution in [0.4, 0.5) is 18.9 Å². The van der Waals surface area contributed by atoms with Gasteiger partial charge in [0.05, 0.1) is 6.04 Å². The number of thioether (sulfide) groups is 1. The summed E-state index contributed by atoms with van der Waals surface area (Å²) in [5.74, 6) is -0.233. The monoisotopic (exact) mass is 304 g/mol. The number of halogens is 3. The van der Waals surface area contributed by atoms with Gasteiger partial charge in [-0.05, 0) is 37.6 Å². The average Bonchev–Trinajstić information content (AvgIpc) is 2.28. The van der Waals surface area contributed by atoms with E-state index in [1.807, 2.05) is 6.92 Å². The molecule has 0 saturated heterocycles. The first-order chi connectivity index (χ1) is 9.32. The summed E-state index contributed by atoms with van der Waals surface area (Å²) >= 11 is 1.63. The molecule has 3 nitrogen and oxygen atoms in total. The molecule has 0 spiro atoms. The van der Waals surface area contributed by atoms with Crippen molar-refractivity contribution >= 4 is 22.6 Å². The van der Waals surface area contributed by atoms with Crippen LogP contribution in [-0.4, -0.2) is 22.8 Å². The van der Waals surface area contributed by atoms with Crippen molar-refractivity contribution in [2.75, 3.05) is 5.32 Å². The van der Waals surface area contributed by atoms with Crippen LogP contribution in [0.15, 0.2) is 29.3 Å². The lowest BCUT2D eigenvalue weighted by Crippen LogP contribution is -2.22. The van der Waals surface area contributed by atoms with Gasteiger partial charge in [0.15, 0.2) is 5.17 Å². The molecule has 0 aromatic heterocycles. The predicted octanol–water partition coefficient (Wildman–Crippen LogP) is 4.27. The Labute approximate surface area is 119 Å². The molecule has 1 aliphatic heterocycles. The molecule has 2 unspecified atom stereocenters. The third-order valence-electron chi connectivity index (χ3n) is 2.66. The predicted molar refractivity (Wildman–Crippen MR) is 75.3 cm³/mol. The molecule has 0 aliphatic carbocycles. The molecule has 0 bridgehead atoms. The van der Waals surface area contributed by atoms with E-state index in [1.54, 1.807) is 11.8 Å². The normalized spacial score (nSPS) is 23.1. The molecule has 1 heterocycles. The topological polar surface area (TPSA) is 33.6 Å². The fourth-order valence-corrected chi connectivity index (χ4v) is 3.10. The molecule has 0 saturated carbocycles. The van der Waals surface area contributed by atoms with Gasteiger partial charge in [-0.25, -0.2) is 0 Å². The lowest BCUT2D eigenvalue weighted by atomic mass is 10.2. The molecule has 1 aliphatic rings. The SMILES string of the molecule is CC1CC(C)SC(Nc2ccc(OC(F)(F)F)cc2)=N1. The maximum absolute atomic E-state index is 12.0. The summed E-state index contributed by atoms with van der Waals surface area (Å²) in [4.78, 5) is 4.47. The minimum absolute atomic E-state index is 0.233. The van der Waals surface area contributed by atoms with E-state index < -0.39 is 6.36 Å². The van der Waals surface area contributed by atoms with Crippen LogP contribution in [0, 0.1) is 0 Å². The van der Waals surface area contributed by atoms with Gasteiger partial charge >= 0.3 is 6.36 Å². The molecule has 7 heteroatoms. The Morgan fingerprint density at radius 3 is 2.45 bits per heavy atom. The highest BCUT2D eigenvalue weighted by Gasteiger charge is 2.31. The quantitative estimate of drug-likeness (QED) is 0.886. The van der Waals surface area contributed by atoms with Crippen LogP contribution in [0.3, 0.4) is 0 Å². The second kappa shape index (κ2) is 5.95. The van der Waals surface area contributed by atoms with E-state index in [1.165, 1.54) is 24.3 Å². The molecular weight excluding hydrogens is 289 g/mol. The molecule has 1 aromatic rings. The van der Waals surface area contributed by atoms with E-state index in [0.29, 0.717) is 10.9 Å². The molecule has 0 amide bonds. The number of hydrogen-bond donors (Lipinski definition) is 1. The molecule has 110 valence electrons. The Hall–Kier alpha value is -1.37. The van der Waals surface area contributed by atoms with Crippen molar-refractivity contribution in [2.45, 2.75) is 37.9 Å². The van der Waals surface area contributed by atoms with Crippen LogP contribution in [0.1, 0.15) is 20.3 Å². The number of nitrogens with one attached hydrogen (secondary N) is 1. The summed E-state index contributed by atoms with van der Waals surface area (Å²) in [5.41, 5.74) is 0.687. The van der Waals surface area contributed by atoms with Gasteiger partial charge in [0, 0.05) is 10.9 Å². The van der Waals surface area contributed by atoms with Crippen LogP contribution in [0.5, 0.6) is 5.75 Å². The first-order valence-electron chi connectivity index (χ1n) is 6.19. The van der Waals surface area contributed by atoms with Gasteiger partial charge in [-0.3, -0.25) is 4.99 Å². The zero-order valence-corrected chi connectivity index (χ0v) is 11.9. The van der Waals surface area contributed by atoms with Crippen molar-refractivity contribution in [2.24, 2.45) is 4.99 Å². The van der Waals surface area contributed by atoms with Gasteiger partial charge < -0.3 is 10.1 Å². The van der Waals surface area contributed by atoms with Gasteiger partial charge in [0.1, 0.15) is 5.75 Å². The van der Waals surface area contributed by atoms with Crippen LogP contribution >= 0.6 is 11.8 Å². The largest absolute Gasteiger partial charge is 0.573 e. The first-order valence-corrected chi connectivity index (χ1v) is 7.07. The highest BCUT2D eigenvalue weighted by atomic mass is 32.2. The summed E-state index contributed by atoms with van der Waals surface area (Å²) in [6.45, 7) is 4.16. The number of amidine groups is 1. The fraction of sp³-hybridized carbons (Fsp3) is 0.462.